The quantitative estimate of drug-likeness (QED) is 0.472. The first kappa shape index (κ1) is 10.3. The summed E-state index contributed by atoms with van der Waals surface area (Å²) in [5.41, 5.74) is 4.01. The van der Waals surface area contributed by atoms with Gasteiger partial charge in [-0.05, 0) is 47.9 Å². The molecule has 3 rings (SSSR count). The minimum Gasteiger partial charge on any atom is -0.0587 e. The lowest BCUT2D eigenvalue weighted by molar-refractivity contribution is 1.47. The Labute approximate surface area is 102 Å². The van der Waals surface area contributed by atoms with Crippen molar-refractivity contribution in [3.8, 4) is 0 Å². The van der Waals surface area contributed by atoms with Crippen molar-refractivity contribution in [2.24, 2.45) is 0 Å². The zero-order valence-electron chi connectivity index (χ0n) is 10.5. The third kappa shape index (κ3) is 1.61. The molecule has 0 aliphatic heterocycles. The van der Waals surface area contributed by atoms with Crippen LogP contribution in [0.3, 0.4) is 0 Å². The van der Waals surface area contributed by atoms with Crippen molar-refractivity contribution in [1.29, 1.82) is 0 Å². The van der Waals surface area contributed by atoms with Crippen LogP contribution in [0.25, 0.3) is 21.5 Å². The maximum atomic E-state index is 2.30. The Hall–Kier alpha value is -1.82. The standard InChI is InChI=1S/C17H16/c1-11-4-6-15-14(8-11)10-13(3)17-9-12(2)5-7-16(15)17/h4-10H,1-3H3. The van der Waals surface area contributed by atoms with Crippen LogP contribution in [0.2, 0.25) is 0 Å². The van der Waals surface area contributed by atoms with Gasteiger partial charge in [-0.25, -0.2) is 0 Å². The second-order valence-electron chi connectivity index (χ2n) is 4.97. The van der Waals surface area contributed by atoms with Gasteiger partial charge in [-0.3, -0.25) is 0 Å². The molecule has 0 nitrogen and oxygen atoms in total. The Morgan fingerprint density at radius 2 is 1.24 bits per heavy atom. The zero-order chi connectivity index (χ0) is 12.0. The third-order valence-electron chi connectivity index (χ3n) is 3.47. The molecule has 0 aliphatic carbocycles. The monoisotopic (exact) mass is 220 g/mol. The number of rotatable bonds is 0. The highest BCUT2D eigenvalue weighted by Gasteiger charge is 2.04. The summed E-state index contributed by atoms with van der Waals surface area (Å²) < 4.78 is 0. The third-order valence-corrected chi connectivity index (χ3v) is 3.47. The highest BCUT2D eigenvalue weighted by Crippen LogP contribution is 2.29. The van der Waals surface area contributed by atoms with Crippen molar-refractivity contribution in [2.75, 3.05) is 0 Å². The van der Waals surface area contributed by atoms with Gasteiger partial charge in [-0.15, -0.1) is 0 Å². The topological polar surface area (TPSA) is 0 Å². The SMILES string of the molecule is Cc1ccc2c(c1)cc(C)c1cc(C)ccc12. The van der Waals surface area contributed by atoms with Gasteiger partial charge in [0.25, 0.3) is 0 Å². The van der Waals surface area contributed by atoms with Crippen LogP contribution in [0.5, 0.6) is 0 Å². The lowest BCUT2D eigenvalue weighted by Crippen LogP contribution is -1.84. The average molecular weight is 220 g/mol. The van der Waals surface area contributed by atoms with Gasteiger partial charge in [0.1, 0.15) is 0 Å². The molecule has 17 heavy (non-hydrogen) atoms. The summed E-state index contributed by atoms with van der Waals surface area (Å²) >= 11 is 0. The molecule has 0 N–H and O–H groups in total. The lowest BCUT2D eigenvalue weighted by Gasteiger charge is -2.09. The smallest absolute Gasteiger partial charge is 0.0103 e. The van der Waals surface area contributed by atoms with Crippen LogP contribution in [0, 0.1) is 20.8 Å². The van der Waals surface area contributed by atoms with Crippen molar-refractivity contribution in [2.45, 2.75) is 20.8 Å². The van der Waals surface area contributed by atoms with Gasteiger partial charge >= 0.3 is 0 Å². The molecule has 0 amide bonds. The van der Waals surface area contributed by atoms with Crippen molar-refractivity contribution in [1.82, 2.24) is 0 Å². The number of hydrogen-bond acceptors (Lipinski definition) is 0. The number of benzene rings is 3. The van der Waals surface area contributed by atoms with Crippen molar-refractivity contribution >= 4 is 21.5 Å². The lowest BCUT2D eigenvalue weighted by atomic mass is 9.96. The summed E-state index contributed by atoms with van der Waals surface area (Å²) in [5.74, 6) is 0. The summed E-state index contributed by atoms with van der Waals surface area (Å²) in [6.07, 6.45) is 0. The molecular weight excluding hydrogens is 204 g/mol. The van der Waals surface area contributed by atoms with E-state index in [1.807, 2.05) is 0 Å². The van der Waals surface area contributed by atoms with E-state index in [2.05, 4.69) is 63.2 Å². The van der Waals surface area contributed by atoms with Gasteiger partial charge in [0.2, 0.25) is 0 Å². The number of aryl methyl sites for hydroxylation is 3. The normalized spacial score (nSPS) is 11.2. The Morgan fingerprint density at radius 3 is 2.00 bits per heavy atom. The molecule has 0 aromatic heterocycles. The molecule has 0 heteroatoms. The van der Waals surface area contributed by atoms with Crippen LogP contribution < -0.4 is 0 Å². The molecule has 0 spiro atoms. The van der Waals surface area contributed by atoms with Crippen molar-refractivity contribution < 1.29 is 0 Å². The van der Waals surface area contributed by atoms with Crippen LogP contribution in [0.1, 0.15) is 16.7 Å². The Bertz CT molecular complexity index is 721. The van der Waals surface area contributed by atoms with Crippen molar-refractivity contribution in [3.63, 3.8) is 0 Å². The summed E-state index contributed by atoms with van der Waals surface area (Å²) in [5, 5.41) is 5.45. The molecule has 0 radical (unpaired) electrons. The fraction of sp³-hybridized carbons (Fsp3) is 0.176. The molecule has 0 bridgehead atoms. The van der Waals surface area contributed by atoms with Crippen LogP contribution in [-0.4, -0.2) is 0 Å². The molecule has 3 aromatic rings. The van der Waals surface area contributed by atoms with Crippen LogP contribution in [0.15, 0.2) is 42.5 Å². The predicted octanol–water partition coefficient (Wildman–Crippen LogP) is 4.92. The van der Waals surface area contributed by atoms with Crippen molar-refractivity contribution in [3.05, 3.63) is 59.2 Å². The van der Waals surface area contributed by atoms with E-state index in [1.165, 1.54) is 38.2 Å². The van der Waals surface area contributed by atoms with Gasteiger partial charge in [0.15, 0.2) is 0 Å². The minimum atomic E-state index is 1.32. The Balaban J connectivity index is 2.55. The first-order valence-electron chi connectivity index (χ1n) is 6.05. The molecule has 0 heterocycles. The number of hydrogen-bond donors (Lipinski definition) is 0. The highest BCUT2D eigenvalue weighted by atomic mass is 14.1. The van der Waals surface area contributed by atoms with E-state index in [1.54, 1.807) is 0 Å². The maximum Gasteiger partial charge on any atom is -0.0103 e. The summed E-state index contributed by atoms with van der Waals surface area (Å²) in [7, 11) is 0. The predicted molar refractivity (Wildman–Crippen MR) is 75.7 cm³/mol. The van der Waals surface area contributed by atoms with Crippen LogP contribution in [0.4, 0.5) is 0 Å². The molecule has 0 fully saturated rings. The number of fused-ring (bicyclic) bond motifs is 3. The fourth-order valence-electron chi connectivity index (χ4n) is 2.58. The molecular formula is C17H16. The van der Waals surface area contributed by atoms with Gasteiger partial charge in [-0.1, -0.05) is 53.6 Å². The van der Waals surface area contributed by atoms with Crippen LogP contribution in [-0.2, 0) is 0 Å². The summed E-state index contributed by atoms with van der Waals surface area (Å²) in [6, 6.07) is 15.7. The Morgan fingerprint density at radius 1 is 0.588 bits per heavy atom. The second kappa shape index (κ2) is 3.59. The summed E-state index contributed by atoms with van der Waals surface area (Å²) in [6.45, 7) is 6.50. The van der Waals surface area contributed by atoms with Gasteiger partial charge in [0.05, 0.1) is 0 Å². The summed E-state index contributed by atoms with van der Waals surface area (Å²) in [4.78, 5) is 0. The van der Waals surface area contributed by atoms with Gasteiger partial charge in [0, 0.05) is 0 Å². The van der Waals surface area contributed by atoms with E-state index in [-0.39, 0.29) is 0 Å². The molecule has 0 atom stereocenters. The molecule has 0 saturated carbocycles. The maximum absolute atomic E-state index is 2.30. The minimum absolute atomic E-state index is 1.32. The van der Waals surface area contributed by atoms with Crippen LogP contribution >= 0.6 is 0 Å². The average Bonchev–Trinajstić information content (AvgIpc) is 2.29. The fourth-order valence-corrected chi connectivity index (χ4v) is 2.58. The first-order chi connectivity index (χ1) is 8.15. The van der Waals surface area contributed by atoms with E-state index in [4.69, 9.17) is 0 Å². The molecule has 0 aliphatic rings. The van der Waals surface area contributed by atoms with E-state index in [0.29, 0.717) is 0 Å². The van der Waals surface area contributed by atoms with E-state index < -0.39 is 0 Å². The van der Waals surface area contributed by atoms with E-state index in [0.717, 1.165) is 0 Å². The molecule has 0 saturated heterocycles. The first-order valence-corrected chi connectivity index (χ1v) is 6.05. The van der Waals surface area contributed by atoms with E-state index >= 15 is 0 Å². The molecule has 84 valence electrons. The second-order valence-corrected chi connectivity index (χ2v) is 4.97. The van der Waals surface area contributed by atoms with Gasteiger partial charge in [-0.2, -0.15) is 0 Å². The molecule has 3 aromatic carbocycles. The highest BCUT2D eigenvalue weighted by molar-refractivity contribution is 6.09. The largest absolute Gasteiger partial charge is 0.0587 e. The van der Waals surface area contributed by atoms with Gasteiger partial charge < -0.3 is 0 Å². The van der Waals surface area contributed by atoms with E-state index in [9.17, 15) is 0 Å². The zero-order valence-corrected chi connectivity index (χ0v) is 10.5. The Kier molecular flexibility index (Phi) is 2.19. The molecule has 0 unspecified atom stereocenters.